The number of carbonyl (C=O) groups excluding carboxylic acids is 2. The zero-order valence-corrected chi connectivity index (χ0v) is 17.4. The molecule has 0 aromatic carbocycles. The number of carboxylic acid groups (broad SMARTS) is 1. The lowest BCUT2D eigenvalue weighted by molar-refractivity contribution is -0.142. The molecule has 0 spiro atoms. The summed E-state index contributed by atoms with van der Waals surface area (Å²) in [6.45, 7) is 4.59. The maximum absolute atomic E-state index is 12.6. The minimum absolute atomic E-state index is 0.0821. The maximum Gasteiger partial charge on any atom is 0.326 e. The van der Waals surface area contributed by atoms with E-state index in [1.807, 2.05) is 13.8 Å². The standard InChI is InChI=1S/C18H37N7O4/c1-11(2)10-12(20)15(26)24-13(6-3-4-8-19)16(27)25-14(17(28)29)7-5-9-23-18(21)22/h11-14H,3-10,19-20H2,1-2H3,(H,24,26)(H,25,27)(H,28,29)(H4,21,22,23). The molecular formula is C18H37N7O4. The third kappa shape index (κ3) is 12.6. The number of hydrogen-bond acceptors (Lipinski definition) is 6. The molecule has 0 saturated heterocycles. The Morgan fingerprint density at radius 1 is 0.966 bits per heavy atom. The number of aliphatic imine (C=N–C) groups is 1. The molecule has 0 aliphatic rings. The van der Waals surface area contributed by atoms with Crippen molar-refractivity contribution in [3.8, 4) is 0 Å². The summed E-state index contributed by atoms with van der Waals surface area (Å²) in [5.74, 6) is -2.04. The molecule has 0 aliphatic carbocycles. The van der Waals surface area contributed by atoms with E-state index in [9.17, 15) is 19.5 Å². The summed E-state index contributed by atoms with van der Waals surface area (Å²) >= 11 is 0. The topological polar surface area (TPSA) is 212 Å². The average Bonchev–Trinajstić information content (AvgIpc) is 2.62. The number of nitrogens with two attached hydrogens (primary N) is 4. The minimum atomic E-state index is -1.17. The number of nitrogens with zero attached hydrogens (tertiary/aromatic N) is 1. The van der Waals surface area contributed by atoms with Crippen LogP contribution in [0, 0.1) is 5.92 Å². The van der Waals surface area contributed by atoms with Crippen molar-refractivity contribution in [3.05, 3.63) is 0 Å². The van der Waals surface area contributed by atoms with E-state index in [0.29, 0.717) is 38.6 Å². The van der Waals surface area contributed by atoms with Crippen molar-refractivity contribution in [2.24, 2.45) is 33.8 Å². The van der Waals surface area contributed by atoms with Crippen molar-refractivity contribution >= 4 is 23.7 Å². The smallest absolute Gasteiger partial charge is 0.326 e. The Morgan fingerprint density at radius 2 is 1.55 bits per heavy atom. The molecule has 11 nitrogen and oxygen atoms in total. The molecule has 0 heterocycles. The van der Waals surface area contributed by atoms with Crippen molar-refractivity contribution in [3.63, 3.8) is 0 Å². The first-order valence-electron chi connectivity index (χ1n) is 9.93. The number of unbranched alkanes of at least 4 members (excludes halogenated alkanes) is 1. The van der Waals surface area contributed by atoms with Crippen LogP contribution in [-0.4, -0.2) is 60.1 Å². The van der Waals surface area contributed by atoms with E-state index < -0.39 is 35.9 Å². The molecule has 29 heavy (non-hydrogen) atoms. The van der Waals surface area contributed by atoms with Crippen LogP contribution in [0.5, 0.6) is 0 Å². The molecule has 0 saturated carbocycles. The van der Waals surface area contributed by atoms with Crippen LogP contribution in [0.2, 0.25) is 0 Å². The van der Waals surface area contributed by atoms with Gasteiger partial charge in [0.25, 0.3) is 0 Å². The first kappa shape index (κ1) is 26.6. The fourth-order valence-electron chi connectivity index (χ4n) is 2.69. The van der Waals surface area contributed by atoms with Crippen LogP contribution in [-0.2, 0) is 14.4 Å². The zero-order chi connectivity index (χ0) is 22.4. The Kier molecular flexibility index (Phi) is 13.4. The number of carbonyl (C=O) groups is 3. The number of guanidine groups is 1. The van der Waals surface area contributed by atoms with Crippen LogP contribution < -0.4 is 33.6 Å². The van der Waals surface area contributed by atoms with Crippen LogP contribution >= 0.6 is 0 Å². The predicted octanol–water partition coefficient (Wildman–Crippen LogP) is -1.40. The lowest BCUT2D eigenvalue weighted by atomic mass is 10.0. The normalized spacial score (nSPS) is 14.0. The molecular weight excluding hydrogens is 378 g/mol. The van der Waals surface area contributed by atoms with Crippen LogP contribution in [0.3, 0.4) is 0 Å². The van der Waals surface area contributed by atoms with Crippen molar-refractivity contribution in [1.29, 1.82) is 0 Å². The second kappa shape index (κ2) is 14.6. The Balaban J connectivity index is 4.98. The third-order valence-corrected chi connectivity index (χ3v) is 4.20. The molecule has 11 N–H and O–H groups in total. The fraction of sp³-hybridized carbons (Fsp3) is 0.778. The Hall–Kier alpha value is -2.40. The molecule has 0 rings (SSSR count). The molecule has 0 fully saturated rings. The fourth-order valence-corrected chi connectivity index (χ4v) is 2.69. The van der Waals surface area contributed by atoms with Gasteiger partial charge in [-0.1, -0.05) is 13.8 Å². The van der Waals surface area contributed by atoms with Gasteiger partial charge in [0.05, 0.1) is 6.04 Å². The molecule has 0 aromatic heterocycles. The molecule has 3 atom stereocenters. The summed E-state index contributed by atoms with van der Waals surface area (Å²) in [5.41, 5.74) is 21.8. The monoisotopic (exact) mass is 415 g/mol. The number of aliphatic carboxylic acids is 1. The summed E-state index contributed by atoms with van der Waals surface area (Å²) in [5, 5.41) is 14.5. The van der Waals surface area contributed by atoms with E-state index in [2.05, 4.69) is 15.6 Å². The molecule has 0 aromatic rings. The Morgan fingerprint density at radius 3 is 2.07 bits per heavy atom. The van der Waals surface area contributed by atoms with Gasteiger partial charge < -0.3 is 38.7 Å². The first-order chi connectivity index (χ1) is 13.6. The largest absolute Gasteiger partial charge is 0.480 e. The highest BCUT2D eigenvalue weighted by Crippen LogP contribution is 2.07. The highest BCUT2D eigenvalue weighted by Gasteiger charge is 2.27. The highest BCUT2D eigenvalue weighted by atomic mass is 16.4. The van der Waals surface area contributed by atoms with Gasteiger partial charge in [0.15, 0.2) is 5.96 Å². The molecule has 168 valence electrons. The van der Waals surface area contributed by atoms with Gasteiger partial charge >= 0.3 is 5.97 Å². The summed E-state index contributed by atoms with van der Waals surface area (Å²) in [4.78, 5) is 40.2. The van der Waals surface area contributed by atoms with Crippen LogP contribution in [0.4, 0.5) is 0 Å². The minimum Gasteiger partial charge on any atom is -0.480 e. The van der Waals surface area contributed by atoms with Crippen molar-refractivity contribution < 1.29 is 19.5 Å². The van der Waals surface area contributed by atoms with Gasteiger partial charge in [0, 0.05) is 6.54 Å². The van der Waals surface area contributed by atoms with Crippen LogP contribution in [0.25, 0.3) is 0 Å². The van der Waals surface area contributed by atoms with Gasteiger partial charge in [-0.15, -0.1) is 0 Å². The summed E-state index contributed by atoms with van der Waals surface area (Å²) in [6.07, 6.45) is 2.62. The van der Waals surface area contributed by atoms with E-state index in [0.717, 1.165) is 0 Å². The van der Waals surface area contributed by atoms with E-state index in [-0.39, 0.29) is 24.8 Å². The van der Waals surface area contributed by atoms with Gasteiger partial charge in [0.1, 0.15) is 12.1 Å². The highest BCUT2D eigenvalue weighted by molar-refractivity contribution is 5.91. The number of nitrogens with one attached hydrogen (secondary N) is 2. The summed E-state index contributed by atoms with van der Waals surface area (Å²) in [7, 11) is 0. The molecule has 0 radical (unpaired) electrons. The van der Waals surface area contributed by atoms with E-state index in [4.69, 9.17) is 22.9 Å². The predicted molar refractivity (Wildman–Crippen MR) is 112 cm³/mol. The van der Waals surface area contributed by atoms with Crippen molar-refractivity contribution in [1.82, 2.24) is 10.6 Å². The van der Waals surface area contributed by atoms with E-state index >= 15 is 0 Å². The second-order valence-corrected chi connectivity index (χ2v) is 7.43. The van der Waals surface area contributed by atoms with Gasteiger partial charge in [-0.05, 0) is 51.0 Å². The van der Waals surface area contributed by atoms with Crippen molar-refractivity contribution in [2.75, 3.05) is 13.1 Å². The van der Waals surface area contributed by atoms with Crippen LogP contribution in [0.1, 0.15) is 52.4 Å². The lowest BCUT2D eigenvalue weighted by Gasteiger charge is -2.23. The quantitative estimate of drug-likeness (QED) is 0.0956. The molecule has 2 amide bonds. The van der Waals surface area contributed by atoms with E-state index in [1.54, 1.807) is 0 Å². The molecule has 11 heteroatoms. The molecule has 3 unspecified atom stereocenters. The SMILES string of the molecule is CC(C)CC(N)C(=O)NC(CCCCN)C(=O)NC(CCCN=C(N)N)C(=O)O. The molecule has 0 aliphatic heterocycles. The first-order valence-corrected chi connectivity index (χ1v) is 9.93. The summed E-state index contributed by atoms with van der Waals surface area (Å²) < 4.78 is 0. The van der Waals surface area contributed by atoms with E-state index in [1.165, 1.54) is 0 Å². The Labute approximate surface area is 172 Å². The van der Waals surface area contributed by atoms with Gasteiger partial charge in [-0.3, -0.25) is 14.6 Å². The molecule has 0 bridgehead atoms. The second-order valence-electron chi connectivity index (χ2n) is 7.43. The zero-order valence-electron chi connectivity index (χ0n) is 17.4. The van der Waals surface area contributed by atoms with Gasteiger partial charge in [0.2, 0.25) is 11.8 Å². The number of rotatable bonds is 15. The lowest BCUT2D eigenvalue weighted by Crippen LogP contribution is -2.54. The van der Waals surface area contributed by atoms with Gasteiger partial charge in [-0.2, -0.15) is 0 Å². The van der Waals surface area contributed by atoms with Gasteiger partial charge in [-0.25, -0.2) is 4.79 Å². The number of amides is 2. The Bertz CT molecular complexity index is 550. The van der Waals surface area contributed by atoms with Crippen LogP contribution in [0.15, 0.2) is 4.99 Å². The number of carboxylic acids is 1. The third-order valence-electron chi connectivity index (χ3n) is 4.20. The van der Waals surface area contributed by atoms with Crippen molar-refractivity contribution in [2.45, 2.75) is 70.5 Å². The summed E-state index contributed by atoms with van der Waals surface area (Å²) in [6, 6.07) is -2.74. The number of hydrogen-bond donors (Lipinski definition) is 7. The maximum atomic E-state index is 12.6. The average molecular weight is 416 g/mol.